The monoisotopic (exact) mass is 325 g/mol. The molecule has 0 radical (unpaired) electrons. The molecule has 2 aliphatic rings. The van der Waals surface area contributed by atoms with E-state index in [0.29, 0.717) is 26.2 Å². The van der Waals surface area contributed by atoms with Crippen LogP contribution in [0.3, 0.4) is 0 Å². The molecule has 2 atom stereocenters. The van der Waals surface area contributed by atoms with Crippen LogP contribution in [0.15, 0.2) is 18.2 Å². The van der Waals surface area contributed by atoms with Crippen molar-refractivity contribution in [2.24, 2.45) is 0 Å². The van der Waals surface area contributed by atoms with Crippen molar-refractivity contribution in [2.75, 3.05) is 25.1 Å². The Kier molecular flexibility index (Phi) is 5.39. The molecule has 1 fully saturated rings. The van der Waals surface area contributed by atoms with Crippen molar-refractivity contribution in [3.05, 3.63) is 29.3 Å². The summed E-state index contributed by atoms with van der Waals surface area (Å²) in [7, 11) is 0. The molecule has 7 heteroatoms. The van der Waals surface area contributed by atoms with Gasteiger partial charge < -0.3 is 20.7 Å². The normalized spacial score (nSPS) is 21.3. The van der Waals surface area contributed by atoms with Crippen LogP contribution in [0.25, 0.3) is 0 Å². The number of carbonyl (C=O) groups is 2. The van der Waals surface area contributed by atoms with Crippen LogP contribution < -0.4 is 16.0 Å². The van der Waals surface area contributed by atoms with Crippen molar-refractivity contribution in [3.8, 4) is 0 Å². The van der Waals surface area contributed by atoms with Crippen LogP contribution in [-0.2, 0) is 20.7 Å². The maximum Gasteiger partial charge on any atom is 0.240 e. The van der Waals surface area contributed by atoms with E-state index >= 15 is 0 Å². The Balaban J connectivity index is 0.00000176. The lowest BCUT2D eigenvalue weighted by Gasteiger charge is -2.25. The SMILES string of the molecule is CC(NC(=O)C1COCCN1)c1ccc2c(c1)CC(=O)N2.Cl. The zero-order valence-corrected chi connectivity index (χ0v) is 13.2. The first-order valence-corrected chi connectivity index (χ1v) is 7.17. The number of hydrogen-bond acceptors (Lipinski definition) is 4. The fourth-order valence-electron chi connectivity index (χ4n) is 2.65. The van der Waals surface area contributed by atoms with Crippen molar-refractivity contribution >= 4 is 29.9 Å². The Morgan fingerprint density at radius 1 is 1.45 bits per heavy atom. The molecule has 0 spiro atoms. The molecule has 1 aromatic carbocycles. The van der Waals surface area contributed by atoms with E-state index in [-0.39, 0.29) is 36.3 Å². The number of hydrogen-bond donors (Lipinski definition) is 3. The highest BCUT2D eigenvalue weighted by molar-refractivity contribution is 5.99. The Morgan fingerprint density at radius 2 is 2.27 bits per heavy atom. The minimum atomic E-state index is -0.293. The first-order valence-electron chi connectivity index (χ1n) is 7.17. The third-order valence-corrected chi connectivity index (χ3v) is 3.85. The smallest absolute Gasteiger partial charge is 0.240 e. The minimum absolute atomic E-state index is 0. The molecule has 3 N–H and O–H groups in total. The van der Waals surface area contributed by atoms with Gasteiger partial charge in [0.05, 0.1) is 25.7 Å². The second-order valence-electron chi connectivity index (χ2n) is 5.45. The summed E-state index contributed by atoms with van der Waals surface area (Å²) in [5, 5.41) is 8.92. The third-order valence-electron chi connectivity index (χ3n) is 3.85. The predicted octanol–water partition coefficient (Wildman–Crippen LogP) is 0.769. The summed E-state index contributed by atoms with van der Waals surface area (Å²) in [6, 6.07) is 5.39. The molecule has 22 heavy (non-hydrogen) atoms. The maximum atomic E-state index is 12.1. The highest BCUT2D eigenvalue weighted by Crippen LogP contribution is 2.26. The summed E-state index contributed by atoms with van der Waals surface area (Å²) in [4.78, 5) is 23.5. The average Bonchev–Trinajstić information content (AvgIpc) is 2.87. The van der Waals surface area contributed by atoms with Crippen molar-refractivity contribution in [1.82, 2.24) is 10.6 Å². The van der Waals surface area contributed by atoms with Crippen molar-refractivity contribution in [2.45, 2.75) is 25.4 Å². The summed E-state index contributed by atoms with van der Waals surface area (Å²) in [6.07, 6.45) is 0.405. The fourth-order valence-corrected chi connectivity index (χ4v) is 2.65. The molecule has 2 amide bonds. The van der Waals surface area contributed by atoms with Crippen LogP contribution in [0.1, 0.15) is 24.1 Å². The van der Waals surface area contributed by atoms with Gasteiger partial charge in [0.2, 0.25) is 11.8 Å². The topological polar surface area (TPSA) is 79.5 Å². The molecule has 2 unspecified atom stereocenters. The van der Waals surface area contributed by atoms with Crippen LogP contribution in [0, 0.1) is 0 Å². The Labute approximate surface area is 135 Å². The quantitative estimate of drug-likeness (QED) is 0.767. The second-order valence-corrected chi connectivity index (χ2v) is 5.45. The Hall–Kier alpha value is -1.63. The lowest BCUT2D eigenvalue weighted by atomic mass is 10.0. The summed E-state index contributed by atoms with van der Waals surface area (Å²) in [5.41, 5.74) is 2.85. The number of ether oxygens (including phenoxy) is 1. The average molecular weight is 326 g/mol. The fraction of sp³-hybridized carbons (Fsp3) is 0.467. The second kappa shape index (κ2) is 7.09. The molecular formula is C15H20ClN3O3. The molecule has 3 rings (SSSR count). The van der Waals surface area contributed by atoms with Crippen LogP contribution in [0.5, 0.6) is 0 Å². The summed E-state index contributed by atoms with van der Waals surface area (Å²) in [6.45, 7) is 3.68. The lowest BCUT2D eigenvalue weighted by Crippen LogP contribution is -2.51. The first kappa shape index (κ1) is 16.7. The molecule has 6 nitrogen and oxygen atoms in total. The molecule has 0 bridgehead atoms. The van der Waals surface area contributed by atoms with Gasteiger partial charge >= 0.3 is 0 Å². The molecule has 0 aromatic heterocycles. The van der Waals surface area contributed by atoms with E-state index in [1.165, 1.54) is 0 Å². The molecule has 2 heterocycles. The number of nitrogens with one attached hydrogen (secondary N) is 3. The number of halogens is 1. The molecule has 1 saturated heterocycles. The number of anilines is 1. The van der Waals surface area contributed by atoms with Gasteiger partial charge in [-0.25, -0.2) is 0 Å². The Bertz CT molecular complexity index is 573. The highest BCUT2D eigenvalue weighted by Gasteiger charge is 2.24. The summed E-state index contributed by atoms with van der Waals surface area (Å²) < 4.78 is 5.29. The Morgan fingerprint density at radius 3 is 3.00 bits per heavy atom. The minimum Gasteiger partial charge on any atom is -0.378 e. The highest BCUT2D eigenvalue weighted by atomic mass is 35.5. The van der Waals surface area contributed by atoms with E-state index in [9.17, 15) is 9.59 Å². The van der Waals surface area contributed by atoms with Gasteiger partial charge in [0.1, 0.15) is 6.04 Å². The maximum absolute atomic E-state index is 12.1. The lowest BCUT2D eigenvalue weighted by molar-refractivity contribution is -0.126. The summed E-state index contributed by atoms with van der Waals surface area (Å²) in [5.74, 6) is -0.0423. The third kappa shape index (κ3) is 3.58. The molecular weight excluding hydrogens is 306 g/mol. The van der Waals surface area contributed by atoms with Crippen LogP contribution >= 0.6 is 12.4 Å². The molecule has 1 aromatic rings. The van der Waals surface area contributed by atoms with E-state index in [1.807, 2.05) is 25.1 Å². The van der Waals surface area contributed by atoms with E-state index in [0.717, 1.165) is 16.8 Å². The predicted molar refractivity (Wildman–Crippen MR) is 85.2 cm³/mol. The van der Waals surface area contributed by atoms with Gasteiger partial charge in [0, 0.05) is 12.2 Å². The van der Waals surface area contributed by atoms with Gasteiger partial charge in [-0.05, 0) is 24.1 Å². The standard InChI is InChI=1S/C15H19N3O3.ClH/c1-9(17-15(20)13-8-21-5-4-16-13)10-2-3-12-11(6-10)7-14(19)18-12;/h2-3,6,9,13,16H,4-5,7-8H2,1H3,(H,17,20)(H,18,19);1H. The van der Waals surface area contributed by atoms with E-state index in [1.54, 1.807) is 0 Å². The molecule has 0 aliphatic carbocycles. The molecule has 2 aliphatic heterocycles. The van der Waals surface area contributed by atoms with Gasteiger partial charge in [-0.1, -0.05) is 12.1 Å². The zero-order valence-electron chi connectivity index (χ0n) is 12.3. The van der Waals surface area contributed by atoms with Gasteiger partial charge in [0.25, 0.3) is 0 Å². The number of carbonyl (C=O) groups excluding carboxylic acids is 2. The van der Waals surface area contributed by atoms with Crippen molar-refractivity contribution < 1.29 is 14.3 Å². The van der Waals surface area contributed by atoms with E-state index < -0.39 is 0 Å². The van der Waals surface area contributed by atoms with Gasteiger partial charge in [0.15, 0.2) is 0 Å². The first-order chi connectivity index (χ1) is 10.1. The van der Waals surface area contributed by atoms with Crippen LogP contribution in [-0.4, -0.2) is 37.6 Å². The molecule has 0 saturated carbocycles. The largest absolute Gasteiger partial charge is 0.378 e. The summed E-state index contributed by atoms with van der Waals surface area (Å²) >= 11 is 0. The molecule has 120 valence electrons. The number of rotatable bonds is 3. The van der Waals surface area contributed by atoms with Gasteiger partial charge in [-0.3, -0.25) is 9.59 Å². The number of morpholine rings is 1. The van der Waals surface area contributed by atoms with Crippen LogP contribution in [0.2, 0.25) is 0 Å². The van der Waals surface area contributed by atoms with Gasteiger partial charge in [-0.15, -0.1) is 12.4 Å². The van der Waals surface area contributed by atoms with Gasteiger partial charge in [-0.2, -0.15) is 0 Å². The number of benzene rings is 1. The van der Waals surface area contributed by atoms with E-state index in [4.69, 9.17) is 4.74 Å². The van der Waals surface area contributed by atoms with Crippen LogP contribution in [0.4, 0.5) is 5.69 Å². The van der Waals surface area contributed by atoms with Crippen molar-refractivity contribution in [1.29, 1.82) is 0 Å². The van der Waals surface area contributed by atoms with E-state index in [2.05, 4.69) is 16.0 Å². The van der Waals surface area contributed by atoms with Crippen molar-refractivity contribution in [3.63, 3.8) is 0 Å². The number of amides is 2. The zero-order chi connectivity index (χ0) is 14.8. The number of fused-ring (bicyclic) bond motifs is 1.